The van der Waals surface area contributed by atoms with E-state index in [0.717, 1.165) is 16.8 Å². The van der Waals surface area contributed by atoms with Gasteiger partial charge in [-0.05, 0) is 80.4 Å². The summed E-state index contributed by atoms with van der Waals surface area (Å²) < 4.78 is 7.20. The molecule has 0 saturated carbocycles. The number of aryl methyl sites for hydroxylation is 2. The van der Waals surface area contributed by atoms with Crippen LogP contribution in [0.1, 0.15) is 51.0 Å². The number of hydrogen-bond acceptors (Lipinski definition) is 7. The van der Waals surface area contributed by atoms with Gasteiger partial charge in [-0.2, -0.15) is 0 Å². The third-order valence-electron chi connectivity index (χ3n) is 7.62. The van der Waals surface area contributed by atoms with Gasteiger partial charge in [0.2, 0.25) is 5.78 Å². The minimum Gasteiger partial charge on any atom is -0.480 e. The Kier molecular flexibility index (Phi) is 9.04. The molecule has 236 valence electrons. The fourth-order valence-corrected chi connectivity index (χ4v) is 5.08. The highest BCUT2D eigenvalue weighted by Crippen LogP contribution is 2.25. The number of benzene rings is 3. The molecule has 1 atom stereocenters. The van der Waals surface area contributed by atoms with E-state index in [2.05, 4.69) is 20.6 Å². The lowest BCUT2D eigenvalue weighted by atomic mass is 10.0. The Labute approximate surface area is 266 Å². The van der Waals surface area contributed by atoms with Gasteiger partial charge < -0.3 is 25.3 Å². The third kappa shape index (κ3) is 6.68. The number of H-pyrrole nitrogens is 1. The Morgan fingerprint density at radius 3 is 2.41 bits per heavy atom. The molecule has 1 unspecified atom stereocenters. The van der Waals surface area contributed by atoms with Gasteiger partial charge in [-0.1, -0.05) is 30.7 Å². The molecule has 46 heavy (non-hydrogen) atoms. The highest BCUT2D eigenvalue weighted by atomic mass is 16.5. The van der Waals surface area contributed by atoms with Gasteiger partial charge in [-0.3, -0.25) is 19.0 Å². The van der Waals surface area contributed by atoms with Gasteiger partial charge in [-0.25, -0.2) is 9.79 Å². The fourth-order valence-electron chi connectivity index (χ4n) is 5.08. The van der Waals surface area contributed by atoms with Gasteiger partial charge in [0.25, 0.3) is 11.8 Å². The number of aromatic nitrogens is 2. The van der Waals surface area contributed by atoms with Gasteiger partial charge in [0.05, 0.1) is 22.8 Å². The summed E-state index contributed by atoms with van der Waals surface area (Å²) in [6.45, 7) is 5.77. The number of ether oxygens (including phenoxy) is 1. The Morgan fingerprint density at radius 1 is 1.00 bits per heavy atom. The molecule has 1 heterocycles. The van der Waals surface area contributed by atoms with Crippen molar-refractivity contribution in [3.63, 3.8) is 0 Å². The Morgan fingerprint density at radius 2 is 1.74 bits per heavy atom. The van der Waals surface area contributed by atoms with E-state index < -0.39 is 23.5 Å². The molecule has 5 rings (SSSR count). The molecule has 4 aromatic rings. The topological polar surface area (TPSA) is 138 Å². The van der Waals surface area contributed by atoms with Gasteiger partial charge in [0.1, 0.15) is 11.4 Å². The average molecular weight is 621 g/mol. The molecule has 1 aliphatic carbocycles. The van der Waals surface area contributed by atoms with Crippen LogP contribution >= 0.6 is 0 Å². The van der Waals surface area contributed by atoms with Gasteiger partial charge >= 0.3 is 5.69 Å². The molecule has 3 N–H and O–H groups in total. The molecule has 0 fully saturated rings. The summed E-state index contributed by atoms with van der Waals surface area (Å²) in [5.41, 5.74) is 4.36. The Bertz CT molecular complexity index is 1950. The van der Waals surface area contributed by atoms with Crippen molar-refractivity contribution >= 4 is 40.4 Å². The molecule has 0 aliphatic heterocycles. The van der Waals surface area contributed by atoms with Gasteiger partial charge in [0.15, 0.2) is 6.10 Å². The number of carbonyl (C=O) groups excluding carboxylic acids is 3. The maximum Gasteiger partial charge on any atom is 0.326 e. The molecule has 3 aromatic carbocycles. The number of aliphatic imine (C=N–C) groups is 1. The molecule has 0 radical (unpaired) electrons. The van der Waals surface area contributed by atoms with Crippen LogP contribution < -0.4 is 26.0 Å². The first-order valence-corrected chi connectivity index (χ1v) is 14.8. The first kappa shape index (κ1) is 31.7. The van der Waals surface area contributed by atoms with Crippen LogP contribution in [0.3, 0.4) is 0 Å². The molecular weight excluding hydrogens is 584 g/mol. The first-order valence-electron chi connectivity index (χ1n) is 14.8. The Hall–Kier alpha value is -5.71. The number of amides is 2. The van der Waals surface area contributed by atoms with Crippen molar-refractivity contribution in [1.82, 2.24) is 14.9 Å². The van der Waals surface area contributed by atoms with Crippen LogP contribution in [0.25, 0.3) is 0 Å². The van der Waals surface area contributed by atoms with Crippen molar-refractivity contribution in [3.8, 4) is 5.75 Å². The standard InChI is InChI=1S/C35H36N6O5/c1-7-28(46-29-16-11-20(2)17-21(29)3)34(44)37-24-10-8-9-22(18-24)33(43)38-27-19-26(30-31(32(27)42)41(6)35(45)39-30)36-23-12-14-25(15-13-23)40(4)5/h8-19,28H,7H2,1-6H3,(H,37,44)(H,38,43)(H,39,45). The Balaban J connectivity index is 1.36. The van der Waals surface area contributed by atoms with Crippen molar-refractivity contribution in [1.29, 1.82) is 0 Å². The summed E-state index contributed by atoms with van der Waals surface area (Å²) in [6, 6.07) is 19.6. The van der Waals surface area contributed by atoms with Crippen molar-refractivity contribution in [2.24, 2.45) is 12.0 Å². The number of aromatic amines is 1. The van der Waals surface area contributed by atoms with E-state index in [-0.39, 0.29) is 28.6 Å². The van der Waals surface area contributed by atoms with E-state index in [9.17, 15) is 19.2 Å². The lowest BCUT2D eigenvalue weighted by Crippen LogP contribution is -2.33. The predicted octanol–water partition coefficient (Wildman–Crippen LogP) is 4.82. The number of rotatable bonds is 9. The molecule has 0 spiro atoms. The molecule has 1 aliphatic rings. The summed E-state index contributed by atoms with van der Waals surface area (Å²) in [7, 11) is 5.34. The first-order chi connectivity index (χ1) is 21.9. The van der Waals surface area contributed by atoms with Gasteiger partial charge in [0, 0.05) is 38.1 Å². The maximum absolute atomic E-state index is 13.5. The number of ketones is 1. The zero-order valence-electron chi connectivity index (χ0n) is 26.6. The van der Waals surface area contributed by atoms with Crippen molar-refractivity contribution in [3.05, 3.63) is 117 Å². The molecule has 2 amide bonds. The summed E-state index contributed by atoms with van der Waals surface area (Å²) in [5, 5.41) is 5.51. The number of fused-ring (bicyclic) bond motifs is 1. The summed E-state index contributed by atoms with van der Waals surface area (Å²) in [5.74, 6) is -0.842. The summed E-state index contributed by atoms with van der Waals surface area (Å²) >= 11 is 0. The number of nitrogens with zero attached hydrogens (tertiary/aromatic N) is 3. The van der Waals surface area contributed by atoms with E-state index in [1.807, 2.05) is 82.2 Å². The number of Topliss-reactive ketones (excluding diaryl/α,β-unsaturated/α-hetero) is 1. The van der Waals surface area contributed by atoms with Crippen LogP contribution in [-0.4, -0.2) is 53.1 Å². The molecule has 0 bridgehead atoms. The number of imidazole rings is 1. The van der Waals surface area contributed by atoms with Crippen molar-refractivity contribution in [2.45, 2.75) is 33.3 Å². The van der Waals surface area contributed by atoms with Gasteiger partial charge in [-0.15, -0.1) is 0 Å². The largest absolute Gasteiger partial charge is 0.480 e. The minimum atomic E-state index is -0.747. The molecular formula is C35H36N6O5. The van der Waals surface area contributed by atoms with E-state index in [0.29, 0.717) is 29.3 Å². The van der Waals surface area contributed by atoms with E-state index >= 15 is 0 Å². The SMILES string of the molecule is CCC(Oc1ccc(C)cc1C)C(=O)Nc1cccc(C(=O)NC2=CC(=Nc3ccc(N(C)C)cc3)c3[nH]c(=O)n(C)c3C2=O)c1. The van der Waals surface area contributed by atoms with E-state index in [1.54, 1.807) is 18.2 Å². The van der Waals surface area contributed by atoms with Crippen LogP contribution in [0.15, 0.2) is 88.3 Å². The summed E-state index contributed by atoms with van der Waals surface area (Å²) in [4.78, 5) is 61.8. The predicted molar refractivity (Wildman–Crippen MR) is 179 cm³/mol. The second-order valence-electron chi connectivity index (χ2n) is 11.3. The number of hydrogen-bond donors (Lipinski definition) is 3. The fraction of sp³-hybridized carbons (Fsp3) is 0.229. The smallest absolute Gasteiger partial charge is 0.326 e. The second kappa shape index (κ2) is 13.1. The molecule has 0 saturated heterocycles. The van der Waals surface area contributed by atoms with Crippen LogP contribution in [0.2, 0.25) is 0 Å². The number of allylic oxidation sites excluding steroid dienone is 2. The van der Waals surface area contributed by atoms with Crippen molar-refractivity contribution < 1.29 is 19.1 Å². The van der Waals surface area contributed by atoms with Crippen LogP contribution in [0, 0.1) is 13.8 Å². The number of nitrogens with one attached hydrogen (secondary N) is 3. The molecule has 11 nitrogen and oxygen atoms in total. The van der Waals surface area contributed by atoms with E-state index in [4.69, 9.17) is 4.74 Å². The second-order valence-corrected chi connectivity index (χ2v) is 11.3. The molecule has 11 heteroatoms. The maximum atomic E-state index is 13.5. The van der Waals surface area contributed by atoms with Crippen LogP contribution in [0.5, 0.6) is 5.75 Å². The normalized spacial score (nSPS) is 13.9. The molecule has 1 aromatic heterocycles. The highest BCUT2D eigenvalue weighted by molar-refractivity contribution is 6.26. The average Bonchev–Trinajstić information content (AvgIpc) is 3.33. The number of carbonyl (C=O) groups is 3. The minimum absolute atomic E-state index is 0.0434. The summed E-state index contributed by atoms with van der Waals surface area (Å²) in [6.07, 6.45) is 1.13. The highest BCUT2D eigenvalue weighted by Gasteiger charge is 2.31. The lowest BCUT2D eigenvalue weighted by Gasteiger charge is -2.19. The zero-order chi connectivity index (χ0) is 33.1. The van der Waals surface area contributed by atoms with Crippen LogP contribution in [-0.2, 0) is 11.8 Å². The quantitative estimate of drug-likeness (QED) is 0.245. The van der Waals surface area contributed by atoms with Crippen molar-refractivity contribution in [2.75, 3.05) is 24.3 Å². The number of anilines is 2. The monoisotopic (exact) mass is 620 g/mol. The third-order valence-corrected chi connectivity index (χ3v) is 7.62. The zero-order valence-corrected chi connectivity index (χ0v) is 26.6. The van der Waals surface area contributed by atoms with E-state index in [1.165, 1.54) is 23.8 Å². The lowest BCUT2D eigenvalue weighted by molar-refractivity contribution is -0.122. The van der Waals surface area contributed by atoms with Crippen LogP contribution in [0.4, 0.5) is 17.1 Å².